The van der Waals surface area contributed by atoms with E-state index in [-0.39, 0.29) is 24.9 Å². The van der Waals surface area contributed by atoms with Crippen LogP contribution in [-0.4, -0.2) is 40.1 Å². The maximum absolute atomic E-state index is 12.0. The molecule has 5 heteroatoms. The van der Waals surface area contributed by atoms with Gasteiger partial charge in [0.2, 0.25) is 5.91 Å². The summed E-state index contributed by atoms with van der Waals surface area (Å²) in [4.78, 5) is 24.7. The third-order valence-electron chi connectivity index (χ3n) is 3.70. The van der Waals surface area contributed by atoms with Crippen molar-refractivity contribution in [3.8, 4) is 0 Å². The van der Waals surface area contributed by atoms with Crippen molar-refractivity contribution >= 4 is 11.9 Å². The van der Waals surface area contributed by atoms with Crippen molar-refractivity contribution in [1.29, 1.82) is 0 Å². The van der Waals surface area contributed by atoms with Crippen molar-refractivity contribution in [3.05, 3.63) is 35.4 Å². The second kappa shape index (κ2) is 6.05. The lowest BCUT2D eigenvalue weighted by Crippen LogP contribution is -2.32. The van der Waals surface area contributed by atoms with E-state index in [1.807, 2.05) is 31.2 Å². The van der Waals surface area contributed by atoms with Gasteiger partial charge in [0.05, 0.1) is 12.5 Å². The third-order valence-corrected chi connectivity index (χ3v) is 3.70. The lowest BCUT2D eigenvalue weighted by Gasteiger charge is -2.27. The summed E-state index contributed by atoms with van der Waals surface area (Å²) in [5.41, 5.74) is 1.91. The van der Waals surface area contributed by atoms with Crippen LogP contribution in [0.25, 0.3) is 0 Å². The van der Waals surface area contributed by atoms with E-state index in [9.17, 15) is 14.7 Å². The van der Waals surface area contributed by atoms with E-state index in [2.05, 4.69) is 0 Å². The zero-order valence-corrected chi connectivity index (χ0v) is 11.5. The number of carbonyl (C=O) groups excluding carboxylic acids is 1. The van der Waals surface area contributed by atoms with Crippen LogP contribution in [0.2, 0.25) is 0 Å². The second-order valence-corrected chi connectivity index (χ2v) is 5.32. The molecule has 2 rings (SSSR count). The van der Waals surface area contributed by atoms with E-state index in [0.717, 1.165) is 11.1 Å². The molecule has 1 fully saturated rings. The van der Waals surface area contributed by atoms with E-state index >= 15 is 0 Å². The third kappa shape index (κ3) is 3.17. The molecule has 1 aromatic rings. The summed E-state index contributed by atoms with van der Waals surface area (Å²) >= 11 is 0. The Morgan fingerprint density at radius 1 is 1.40 bits per heavy atom. The van der Waals surface area contributed by atoms with Gasteiger partial charge in [0, 0.05) is 25.5 Å². The topological polar surface area (TPSA) is 77.8 Å². The number of amides is 1. The van der Waals surface area contributed by atoms with Crippen LogP contribution in [-0.2, 0) is 9.59 Å². The van der Waals surface area contributed by atoms with Gasteiger partial charge in [0.25, 0.3) is 0 Å². The first-order chi connectivity index (χ1) is 9.51. The molecule has 0 spiro atoms. The number of benzene rings is 1. The summed E-state index contributed by atoms with van der Waals surface area (Å²) in [5, 5.41) is 18.3. The lowest BCUT2D eigenvalue weighted by atomic mass is 10.0. The first-order valence-electron chi connectivity index (χ1n) is 6.70. The number of aryl methyl sites for hydroxylation is 1. The summed E-state index contributed by atoms with van der Waals surface area (Å²) in [7, 11) is 0. The zero-order chi connectivity index (χ0) is 14.7. The van der Waals surface area contributed by atoms with Crippen molar-refractivity contribution in [1.82, 2.24) is 4.90 Å². The fraction of sp³-hybridized carbons (Fsp3) is 0.467. The van der Waals surface area contributed by atoms with Crippen LogP contribution in [0.4, 0.5) is 0 Å². The molecule has 1 heterocycles. The highest BCUT2D eigenvalue weighted by Crippen LogP contribution is 2.31. The number of carboxylic acids is 1. The van der Waals surface area contributed by atoms with Crippen molar-refractivity contribution in [2.75, 3.05) is 13.2 Å². The molecule has 2 unspecified atom stereocenters. The van der Waals surface area contributed by atoms with Gasteiger partial charge in [0.15, 0.2) is 0 Å². The number of hydrogen-bond donors (Lipinski definition) is 2. The van der Waals surface area contributed by atoms with Gasteiger partial charge >= 0.3 is 5.97 Å². The standard InChI is InChI=1S/C15H19NO4/c1-10-2-4-12(5-3-10)13(7-15(19)20)16-8-11(9-17)6-14(16)18/h2-5,11,13,17H,6-9H2,1H3,(H,19,20). The highest BCUT2D eigenvalue weighted by Gasteiger charge is 2.35. The molecule has 0 saturated carbocycles. The van der Waals surface area contributed by atoms with Crippen LogP contribution in [0, 0.1) is 12.8 Å². The summed E-state index contributed by atoms with van der Waals surface area (Å²) in [6, 6.07) is 7.09. The molecule has 1 aliphatic heterocycles. The highest BCUT2D eigenvalue weighted by atomic mass is 16.4. The van der Waals surface area contributed by atoms with Crippen LogP contribution in [0.15, 0.2) is 24.3 Å². The normalized spacial score (nSPS) is 20.2. The molecule has 0 aliphatic carbocycles. The number of hydrogen-bond acceptors (Lipinski definition) is 3. The van der Waals surface area contributed by atoms with Crippen molar-refractivity contribution in [3.63, 3.8) is 0 Å². The molecule has 1 saturated heterocycles. The summed E-state index contributed by atoms with van der Waals surface area (Å²) in [6.07, 6.45) is 0.172. The molecule has 1 aliphatic rings. The predicted octanol–water partition coefficient (Wildman–Crippen LogP) is 1.35. The van der Waals surface area contributed by atoms with Gasteiger partial charge in [-0.3, -0.25) is 9.59 Å². The van der Waals surface area contributed by atoms with Crippen LogP contribution >= 0.6 is 0 Å². The minimum Gasteiger partial charge on any atom is -0.481 e. The number of aliphatic hydroxyl groups is 1. The molecule has 1 aromatic carbocycles. The van der Waals surface area contributed by atoms with E-state index in [4.69, 9.17) is 5.11 Å². The Morgan fingerprint density at radius 2 is 2.05 bits per heavy atom. The maximum atomic E-state index is 12.0. The smallest absolute Gasteiger partial charge is 0.305 e. The minimum atomic E-state index is -0.934. The molecular formula is C15H19NO4. The molecule has 20 heavy (non-hydrogen) atoms. The van der Waals surface area contributed by atoms with E-state index < -0.39 is 12.0 Å². The highest BCUT2D eigenvalue weighted by molar-refractivity contribution is 5.80. The molecule has 2 N–H and O–H groups in total. The molecule has 5 nitrogen and oxygen atoms in total. The Balaban J connectivity index is 2.26. The number of carboxylic acid groups (broad SMARTS) is 1. The fourth-order valence-corrected chi connectivity index (χ4v) is 2.59. The monoisotopic (exact) mass is 277 g/mol. The second-order valence-electron chi connectivity index (χ2n) is 5.32. The van der Waals surface area contributed by atoms with Crippen molar-refractivity contribution in [2.45, 2.75) is 25.8 Å². The van der Waals surface area contributed by atoms with E-state index in [1.54, 1.807) is 4.90 Å². The molecule has 0 bridgehead atoms. The van der Waals surface area contributed by atoms with Crippen LogP contribution in [0.3, 0.4) is 0 Å². The van der Waals surface area contributed by atoms with Crippen molar-refractivity contribution < 1.29 is 19.8 Å². The minimum absolute atomic E-state index is 0.0457. The first kappa shape index (κ1) is 14.5. The Hall–Kier alpha value is -1.88. The molecule has 0 aromatic heterocycles. The fourth-order valence-electron chi connectivity index (χ4n) is 2.59. The van der Waals surface area contributed by atoms with Gasteiger partial charge in [-0.1, -0.05) is 29.8 Å². The maximum Gasteiger partial charge on any atom is 0.305 e. The average molecular weight is 277 g/mol. The molecule has 2 atom stereocenters. The van der Waals surface area contributed by atoms with Crippen LogP contribution < -0.4 is 0 Å². The largest absolute Gasteiger partial charge is 0.481 e. The van der Waals surface area contributed by atoms with Crippen LogP contribution in [0.5, 0.6) is 0 Å². The Bertz CT molecular complexity index is 497. The van der Waals surface area contributed by atoms with Gasteiger partial charge in [-0.2, -0.15) is 0 Å². The van der Waals surface area contributed by atoms with Crippen LogP contribution in [0.1, 0.15) is 30.0 Å². The van der Waals surface area contributed by atoms with Gasteiger partial charge in [0.1, 0.15) is 0 Å². The average Bonchev–Trinajstić information content (AvgIpc) is 2.78. The number of aliphatic carboxylic acids is 1. The summed E-state index contributed by atoms with van der Waals surface area (Å²) in [6.45, 7) is 2.33. The number of likely N-dealkylation sites (tertiary alicyclic amines) is 1. The molecule has 0 radical (unpaired) electrons. The quantitative estimate of drug-likeness (QED) is 0.851. The number of aliphatic hydroxyl groups excluding tert-OH is 1. The number of rotatable bonds is 5. The van der Waals surface area contributed by atoms with Gasteiger partial charge in [-0.15, -0.1) is 0 Å². The Labute approximate surface area is 117 Å². The summed E-state index contributed by atoms with van der Waals surface area (Å²) in [5.74, 6) is -1.11. The Morgan fingerprint density at radius 3 is 2.55 bits per heavy atom. The first-order valence-corrected chi connectivity index (χ1v) is 6.70. The summed E-state index contributed by atoms with van der Waals surface area (Å²) < 4.78 is 0. The van der Waals surface area contributed by atoms with Crippen molar-refractivity contribution in [2.24, 2.45) is 5.92 Å². The zero-order valence-electron chi connectivity index (χ0n) is 11.5. The predicted molar refractivity (Wildman–Crippen MR) is 73.1 cm³/mol. The van der Waals surface area contributed by atoms with Gasteiger partial charge < -0.3 is 15.1 Å². The lowest BCUT2D eigenvalue weighted by molar-refractivity contribution is -0.139. The molecular weight excluding hydrogens is 258 g/mol. The SMILES string of the molecule is Cc1ccc(C(CC(=O)O)N2CC(CO)CC2=O)cc1. The van der Waals surface area contributed by atoms with Gasteiger partial charge in [-0.25, -0.2) is 0 Å². The molecule has 108 valence electrons. The Kier molecular flexibility index (Phi) is 4.39. The van der Waals surface area contributed by atoms with Gasteiger partial charge in [-0.05, 0) is 12.5 Å². The number of nitrogens with zero attached hydrogens (tertiary/aromatic N) is 1. The molecule has 1 amide bonds. The van der Waals surface area contributed by atoms with E-state index in [0.29, 0.717) is 13.0 Å². The van der Waals surface area contributed by atoms with E-state index in [1.165, 1.54) is 0 Å². The number of carbonyl (C=O) groups is 2.